The standard InChI is InChI=1S/C18H24O2/c1-18(2,3)15-10-7-11-16(13-15)20-17(19)12-14-8-5-4-6-9-14/h4-9,11,15-16H,10,12-13H2,1-3H3/t15-,16+/m0/s1. The number of rotatable bonds is 3. The van der Waals surface area contributed by atoms with Gasteiger partial charge in [0.2, 0.25) is 0 Å². The lowest BCUT2D eigenvalue weighted by Crippen LogP contribution is -2.29. The molecule has 0 saturated heterocycles. The summed E-state index contributed by atoms with van der Waals surface area (Å²) in [5.41, 5.74) is 1.26. The van der Waals surface area contributed by atoms with Crippen molar-refractivity contribution in [2.45, 2.75) is 46.1 Å². The zero-order chi connectivity index (χ0) is 14.6. The highest BCUT2D eigenvalue weighted by molar-refractivity contribution is 5.72. The largest absolute Gasteiger partial charge is 0.458 e. The maximum Gasteiger partial charge on any atom is 0.310 e. The minimum Gasteiger partial charge on any atom is -0.458 e. The van der Waals surface area contributed by atoms with Gasteiger partial charge in [0.05, 0.1) is 6.42 Å². The van der Waals surface area contributed by atoms with Crippen molar-refractivity contribution in [2.24, 2.45) is 11.3 Å². The molecule has 0 heterocycles. The van der Waals surface area contributed by atoms with Gasteiger partial charge >= 0.3 is 5.97 Å². The Labute approximate surface area is 121 Å². The lowest BCUT2D eigenvalue weighted by molar-refractivity contribution is -0.147. The Hall–Kier alpha value is -1.57. The second-order valence-corrected chi connectivity index (χ2v) is 6.65. The highest BCUT2D eigenvalue weighted by Crippen LogP contribution is 2.36. The van der Waals surface area contributed by atoms with E-state index in [1.54, 1.807) is 0 Å². The van der Waals surface area contributed by atoms with Crippen LogP contribution in [-0.2, 0) is 16.0 Å². The van der Waals surface area contributed by atoms with Crippen LogP contribution in [0.15, 0.2) is 42.5 Å². The third-order valence-corrected chi connectivity index (χ3v) is 3.99. The molecule has 1 aromatic carbocycles. The van der Waals surface area contributed by atoms with Gasteiger partial charge in [-0.2, -0.15) is 0 Å². The molecular weight excluding hydrogens is 248 g/mol. The third-order valence-electron chi connectivity index (χ3n) is 3.99. The maximum atomic E-state index is 12.0. The molecule has 1 aliphatic carbocycles. The quantitative estimate of drug-likeness (QED) is 0.610. The molecule has 20 heavy (non-hydrogen) atoms. The summed E-state index contributed by atoms with van der Waals surface area (Å²) in [6.07, 6.45) is 6.48. The Balaban J connectivity index is 1.89. The number of carbonyl (C=O) groups is 1. The van der Waals surface area contributed by atoms with Crippen LogP contribution in [0, 0.1) is 11.3 Å². The van der Waals surface area contributed by atoms with Crippen LogP contribution in [0.3, 0.4) is 0 Å². The molecular formula is C18H24O2. The average molecular weight is 272 g/mol. The van der Waals surface area contributed by atoms with Crippen molar-refractivity contribution in [2.75, 3.05) is 0 Å². The van der Waals surface area contributed by atoms with Crippen molar-refractivity contribution in [1.82, 2.24) is 0 Å². The van der Waals surface area contributed by atoms with Crippen LogP contribution in [0.5, 0.6) is 0 Å². The Morgan fingerprint density at radius 3 is 2.60 bits per heavy atom. The van der Waals surface area contributed by atoms with Crippen LogP contribution in [0.25, 0.3) is 0 Å². The summed E-state index contributed by atoms with van der Waals surface area (Å²) < 4.78 is 5.59. The van der Waals surface area contributed by atoms with Crippen molar-refractivity contribution in [3.8, 4) is 0 Å². The topological polar surface area (TPSA) is 26.3 Å². The van der Waals surface area contributed by atoms with Gasteiger partial charge in [-0.15, -0.1) is 0 Å². The van der Waals surface area contributed by atoms with Gasteiger partial charge in [0, 0.05) is 0 Å². The van der Waals surface area contributed by atoms with E-state index in [0.717, 1.165) is 18.4 Å². The van der Waals surface area contributed by atoms with Crippen LogP contribution < -0.4 is 0 Å². The van der Waals surface area contributed by atoms with Gasteiger partial charge in [0.25, 0.3) is 0 Å². The number of benzene rings is 1. The minimum atomic E-state index is -0.139. The molecule has 0 aliphatic heterocycles. The molecule has 0 fully saturated rings. The molecule has 108 valence electrons. The second-order valence-electron chi connectivity index (χ2n) is 6.65. The molecule has 2 nitrogen and oxygen atoms in total. The molecule has 1 aliphatic rings. The molecule has 0 unspecified atom stereocenters. The molecule has 2 rings (SSSR count). The van der Waals surface area contributed by atoms with Gasteiger partial charge in [-0.25, -0.2) is 0 Å². The average Bonchev–Trinajstić information content (AvgIpc) is 2.39. The smallest absolute Gasteiger partial charge is 0.310 e. The summed E-state index contributed by atoms with van der Waals surface area (Å²) in [6, 6.07) is 9.75. The van der Waals surface area contributed by atoms with E-state index in [1.165, 1.54) is 0 Å². The fourth-order valence-electron chi connectivity index (χ4n) is 2.62. The molecule has 0 amide bonds. The summed E-state index contributed by atoms with van der Waals surface area (Å²) in [4.78, 5) is 12.0. The third kappa shape index (κ3) is 4.22. The van der Waals surface area contributed by atoms with Crippen LogP contribution in [0.1, 0.15) is 39.2 Å². The van der Waals surface area contributed by atoms with Gasteiger partial charge < -0.3 is 4.74 Å². The highest BCUT2D eigenvalue weighted by Gasteiger charge is 2.29. The number of allylic oxidation sites excluding steroid dienone is 1. The van der Waals surface area contributed by atoms with Crippen LogP contribution >= 0.6 is 0 Å². The van der Waals surface area contributed by atoms with Gasteiger partial charge in [-0.3, -0.25) is 4.79 Å². The number of hydrogen-bond donors (Lipinski definition) is 0. The zero-order valence-electron chi connectivity index (χ0n) is 12.6. The first-order valence-corrected chi connectivity index (χ1v) is 7.35. The summed E-state index contributed by atoms with van der Waals surface area (Å²) in [6.45, 7) is 6.75. The van der Waals surface area contributed by atoms with Crippen molar-refractivity contribution >= 4 is 5.97 Å². The zero-order valence-corrected chi connectivity index (χ0v) is 12.6. The molecule has 0 radical (unpaired) electrons. The molecule has 0 spiro atoms. The van der Waals surface area contributed by atoms with Gasteiger partial charge in [0.15, 0.2) is 0 Å². The lowest BCUT2D eigenvalue weighted by atomic mass is 9.74. The van der Waals surface area contributed by atoms with E-state index in [-0.39, 0.29) is 17.5 Å². The molecule has 1 aromatic rings. The van der Waals surface area contributed by atoms with Crippen LogP contribution in [0.4, 0.5) is 0 Å². The van der Waals surface area contributed by atoms with Crippen molar-refractivity contribution in [1.29, 1.82) is 0 Å². The van der Waals surface area contributed by atoms with E-state index >= 15 is 0 Å². The highest BCUT2D eigenvalue weighted by atomic mass is 16.5. The molecule has 0 bridgehead atoms. The van der Waals surface area contributed by atoms with Crippen molar-refractivity contribution in [3.05, 3.63) is 48.0 Å². The molecule has 2 heteroatoms. The maximum absolute atomic E-state index is 12.0. The first kappa shape index (κ1) is 14.8. The molecule has 2 atom stereocenters. The Morgan fingerprint density at radius 2 is 1.95 bits per heavy atom. The number of hydrogen-bond acceptors (Lipinski definition) is 2. The number of esters is 1. The van der Waals surface area contributed by atoms with Gasteiger partial charge in [0.1, 0.15) is 6.10 Å². The monoisotopic (exact) mass is 272 g/mol. The normalized spacial score (nSPS) is 22.6. The Kier molecular flexibility index (Phi) is 4.64. The molecule has 0 N–H and O–H groups in total. The molecule has 0 aromatic heterocycles. The Bertz CT molecular complexity index is 468. The lowest BCUT2D eigenvalue weighted by Gasteiger charge is -2.34. The van der Waals surface area contributed by atoms with Crippen molar-refractivity contribution in [3.63, 3.8) is 0 Å². The van der Waals surface area contributed by atoms with Gasteiger partial charge in [-0.05, 0) is 35.8 Å². The predicted octanol–water partition coefficient (Wildman–Crippen LogP) is 4.15. The van der Waals surface area contributed by atoms with E-state index in [4.69, 9.17) is 4.74 Å². The minimum absolute atomic E-state index is 0.0656. The first-order chi connectivity index (χ1) is 9.45. The van der Waals surface area contributed by atoms with E-state index in [9.17, 15) is 4.79 Å². The van der Waals surface area contributed by atoms with E-state index in [1.807, 2.05) is 36.4 Å². The SMILES string of the molecule is CC(C)(C)[C@H]1CC=C[C@@H](OC(=O)Cc2ccccc2)C1. The summed E-state index contributed by atoms with van der Waals surface area (Å²) >= 11 is 0. The van der Waals surface area contributed by atoms with Gasteiger partial charge in [-0.1, -0.05) is 57.2 Å². The van der Waals surface area contributed by atoms with Crippen LogP contribution in [-0.4, -0.2) is 12.1 Å². The van der Waals surface area contributed by atoms with E-state index < -0.39 is 0 Å². The Morgan fingerprint density at radius 1 is 1.25 bits per heavy atom. The number of carbonyl (C=O) groups excluding carboxylic acids is 1. The van der Waals surface area contributed by atoms with E-state index in [2.05, 4.69) is 26.8 Å². The number of ether oxygens (including phenoxy) is 1. The summed E-state index contributed by atoms with van der Waals surface area (Å²) in [5.74, 6) is 0.433. The summed E-state index contributed by atoms with van der Waals surface area (Å²) in [7, 11) is 0. The van der Waals surface area contributed by atoms with E-state index in [0.29, 0.717) is 12.3 Å². The fourth-order valence-corrected chi connectivity index (χ4v) is 2.62. The predicted molar refractivity (Wildman–Crippen MR) is 81.3 cm³/mol. The van der Waals surface area contributed by atoms with Crippen LogP contribution in [0.2, 0.25) is 0 Å². The fraction of sp³-hybridized carbons (Fsp3) is 0.500. The van der Waals surface area contributed by atoms with Crippen molar-refractivity contribution < 1.29 is 9.53 Å². The second kappa shape index (κ2) is 6.25. The first-order valence-electron chi connectivity index (χ1n) is 7.35. The summed E-state index contributed by atoms with van der Waals surface area (Å²) in [5, 5.41) is 0. The molecule has 0 saturated carbocycles.